The Morgan fingerprint density at radius 1 is 1.11 bits per heavy atom. The van der Waals surface area contributed by atoms with Gasteiger partial charge in [0.25, 0.3) is 0 Å². The molecule has 1 aromatic heterocycles. The maximum absolute atomic E-state index is 11.8. The number of benzene rings is 2. The Morgan fingerprint density at radius 2 is 1.86 bits per heavy atom. The number of hydrogen-bond acceptors (Lipinski definition) is 9. The van der Waals surface area contributed by atoms with Gasteiger partial charge in [-0.05, 0) is 45.0 Å². The van der Waals surface area contributed by atoms with E-state index in [2.05, 4.69) is 25.3 Å². The first-order valence-corrected chi connectivity index (χ1v) is 12.8. The summed E-state index contributed by atoms with van der Waals surface area (Å²) in [6, 6.07) is 10.3. The van der Waals surface area contributed by atoms with Crippen molar-refractivity contribution >= 4 is 50.5 Å². The normalized spacial score (nSPS) is 11.6. The predicted molar refractivity (Wildman–Crippen MR) is 138 cm³/mol. The molecule has 12 heteroatoms. The first-order chi connectivity index (χ1) is 16.3. The van der Waals surface area contributed by atoms with Gasteiger partial charge in [-0.15, -0.1) is 0 Å². The summed E-state index contributed by atoms with van der Waals surface area (Å²) in [5, 5.41) is 16.4. The van der Waals surface area contributed by atoms with Crippen molar-refractivity contribution in [2.24, 2.45) is 0 Å². The molecule has 10 nitrogen and oxygen atoms in total. The van der Waals surface area contributed by atoms with Crippen LogP contribution in [0.5, 0.6) is 11.5 Å². The van der Waals surface area contributed by atoms with Crippen LogP contribution in [0.1, 0.15) is 19.4 Å². The topological polar surface area (TPSA) is 135 Å². The number of ether oxygens (including phenoxy) is 2. The van der Waals surface area contributed by atoms with Crippen LogP contribution in [0.25, 0.3) is 0 Å². The molecule has 0 fully saturated rings. The fourth-order valence-electron chi connectivity index (χ4n) is 2.97. The first kappa shape index (κ1) is 26.3. The van der Waals surface area contributed by atoms with Gasteiger partial charge in [-0.2, -0.15) is 4.98 Å². The summed E-state index contributed by atoms with van der Waals surface area (Å²) >= 11 is 6.31. The van der Waals surface area contributed by atoms with E-state index in [9.17, 15) is 13.5 Å². The number of anilines is 5. The van der Waals surface area contributed by atoms with Crippen LogP contribution in [0.2, 0.25) is 5.02 Å². The van der Waals surface area contributed by atoms with Crippen LogP contribution in [-0.2, 0) is 10.0 Å². The largest absolute Gasteiger partial charge is 0.497 e. The molecule has 35 heavy (non-hydrogen) atoms. The van der Waals surface area contributed by atoms with Crippen LogP contribution < -0.4 is 24.8 Å². The number of nitrogens with one attached hydrogen (secondary N) is 3. The van der Waals surface area contributed by atoms with Crippen LogP contribution in [-0.4, -0.2) is 49.1 Å². The fraction of sp³-hybridized carbons (Fsp3) is 0.304. The number of aromatic nitrogens is 2. The molecule has 3 aromatic rings. The highest BCUT2D eigenvalue weighted by molar-refractivity contribution is 7.92. The molecule has 0 aliphatic heterocycles. The van der Waals surface area contributed by atoms with E-state index in [1.54, 1.807) is 32.0 Å². The Morgan fingerprint density at radius 3 is 2.51 bits per heavy atom. The van der Waals surface area contributed by atoms with Gasteiger partial charge in [-0.25, -0.2) is 13.4 Å². The van der Waals surface area contributed by atoms with Crippen LogP contribution >= 0.6 is 11.6 Å². The SMILES string of the molecule is COc1ccc(Nc2nc(Nc3cccc(OCC(C)(C)O)c3C)ncc2Cl)c(NS(C)(=O)=O)c1. The second kappa shape index (κ2) is 10.5. The Labute approximate surface area is 209 Å². The lowest BCUT2D eigenvalue weighted by Crippen LogP contribution is -2.28. The van der Waals surface area contributed by atoms with Crippen LogP contribution in [0.3, 0.4) is 0 Å². The number of methoxy groups -OCH3 is 1. The van der Waals surface area contributed by atoms with Gasteiger partial charge in [-0.1, -0.05) is 17.7 Å². The van der Waals surface area contributed by atoms with Crippen molar-refractivity contribution in [2.45, 2.75) is 26.4 Å². The average Bonchev–Trinajstić information content (AvgIpc) is 2.76. The predicted octanol–water partition coefficient (Wildman–Crippen LogP) is 4.46. The molecule has 0 spiro atoms. The number of rotatable bonds is 10. The van der Waals surface area contributed by atoms with Crippen molar-refractivity contribution < 1.29 is 23.0 Å². The van der Waals surface area contributed by atoms with Gasteiger partial charge >= 0.3 is 0 Å². The van der Waals surface area contributed by atoms with Crippen molar-refractivity contribution in [3.8, 4) is 11.5 Å². The van der Waals surface area contributed by atoms with Crippen molar-refractivity contribution in [3.05, 3.63) is 53.2 Å². The molecule has 1 heterocycles. The van der Waals surface area contributed by atoms with Crippen molar-refractivity contribution in [2.75, 3.05) is 35.3 Å². The monoisotopic (exact) mass is 521 g/mol. The molecular weight excluding hydrogens is 494 g/mol. The highest BCUT2D eigenvalue weighted by atomic mass is 35.5. The van der Waals surface area contributed by atoms with Crippen molar-refractivity contribution in [3.63, 3.8) is 0 Å². The molecule has 0 aliphatic carbocycles. The number of aliphatic hydroxyl groups is 1. The highest BCUT2D eigenvalue weighted by Gasteiger charge is 2.16. The molecule has 2 aromatic carbocycles. The van der Waals surface area contributed by atoms with E-state index >= 15 is 0 Å². The molecular formula is C23H28ClN5O5S. The standard InChI is InChI=1S/C23H28ClN5O5S/c1-14-17(7-6-8-20(14)34-13-23(2,3)30)27-22-25-12-16(24)21(28-22)26-18-10-9-15(33-4)11-19(18)29-35(5,31)32/h6-12,29-30H,13H2,1-5H3,(H2,25,26,27,28). The molecule has 4 N–H and O–H groups in total. The van der Waals surface area contributed by atoms with Crippen LogP contribution in [0.4, 0.5) is 28.8 Å². The quantitative estimate of drug-likeness (QED) is 0.305. The third-order valence-electron chi connectivity index (χ3n) is 4.63. The minimum atomic E-state index is -3.55. The number of hydrogen-bond donors (Lipinski definition) is 4. The van der Waals surface area contributed by atoms with E-state index in [0.717, 1.165) is 11.8 Å². The Balaban J connectivity index is 1.87. The number of nitrogens with zero attached hydrogens (tertiary/aromatic N) is 2. The molecule has 0 saturated carbocycles. The van der Waals surface area contributed by atoms with Gasteiger partial charge in [0.2, 0.25) is 16.0 Å². The maximum atomic E-state index is 11.8. The second-order valence-corrected chi connectivity index (χ2v) is 10.6. The zero-order valence-electron chi connectivity index (χ0n) is 20.0. The fourth-order valence-corrected chi connectivity index (χ4v) is 3.67. The van der Waals surface area contributed by atoms with Gasteiger partial charge in [0.15, 0.2) is 5.82 Å². The molecule has 0 radical (unpaired) electrons. The first-order valence-electron chi connectivity index (χ1n) is 10.5. The summed E-state index contributed by atoms with van der Waals surface area (Å²) in [7, 11) is -2.07. The lowest BCUT2D eigenvalue weighted by atomic mass is 10.1. The summed E-state index contributed by atoms with van der Waals surface area (Å²) in [5.74, 6) is 1.60. The smallest absolute Gasteiger partial charge is 0.229 e. The zero-order chi connectivity index (χ0) is 25.8. The summed E-state index contributed by atoms with van der Waals surface area (Å²) < 4.78 is 37.0. The van der Waals surface area contributed by atoms with E-state index in [-0.39, 0.29) is 29.1 Å². The molecule has 0 bridgehead atoms. The summed E-state index contributed by atoms with van der Waals surface area (Å²) in [6.07, 6.45) is 2.48. The minimum Gasteiger partial charge on any atom is -0.497 e. The van der Waals surface area contributed by atoms with E-state index in [0.29, 0.717) is 22.9 Å². The summed E-state index contributed by atoms with van der Waals surface area (Å²) in [6.45, 7) is 5.34. The zero-order valence-corrected chi connectivity index (χ0v) is 21.6. The summed E-state index contributed by atoms with van der Waals surface area (Å²) in [5.41, 5.74) is 1.22. The van der Waals surface area contributed by atoms with Crippen molar-refractivity contribution in [1.29, 1.82) is 0 Å². The van der Waals surface area contributed by atoms with Crippen LogP contribution in [0, 0.1) is 6.92 Å². The number of halogens is 1. The van der Waals surface area contributed by atoms with Gasteiger partial charge in [-0.3, -0.25) is 4.72 Å². The molecule has 0 unspecified atom stereocenters. The van der Waals surface area contributed by atoms with Crippen molar-refractivity contribution in [1.82, 2.24) is 9.97 Å². The number of sulfonamides is 1. The van der Waals surface area contributed by atoms with E-state index in [1.807, 2.05) is 25.1 Å². The Kier molecular flexibility index (Phi) is 7.93. The molecule has 3 rings (SSSR count). The lowest BCUT2D eigenvalue weighted by Gasteiger charge is -2.20. The molecule has 0 amide bonds. The van der Waals surface area contributed by atoms with Gasteiger partial charge in [0, 0.05) is 17.3 Å². The average molecular weight is 522 g/mol. The molecule has 188 valence electrons. The maximum Gasteiger partial charge on any atom is 0.229 e. The van der Waals surface area contributed by atoms with E-state index < -0.39 is 15.6 Å². The molecule has 0 atom stereocenters. The third-order valence-corrected chi connectivity index (χ3v) is 5.50. The highest BCUT2D eigenvalue weighted by Crippen LogP contribution is 2.33. The second-order valence-electron chi connectivity index (χ2n) is 8.46. The van der Waals surface area contributed by atoms with E-state index in [1.165, 1.54) is 13.3 Å². The minimum absolute atomic E-state index is 0.133. The van der Waals surface area contributed by atoms with Gasteiger partial charge in [0.05, 0.1) is 36.5 Å². The molecule has 0 aliphatic rings. The summed E-state index contributed by atoms with van der Waals surface area (Å²) in [4.78, 5) is 8.68. The van der Waals surface area contributed by atoms with Gasteiger partial charge in [0.1, 0.15) is 23.1 Å². The lowest BCUT2D eigenvalue weighted by molar-refractivity contribution is 0.0283. The third kappa shape index (κ3) is 7.61. The van der Waals surface area contributed by atoms with Crippen LogP contribution in [0.15, 0.2) is 42.6 Å². The Bertz CT molecular complexity index is 1310. The molecule has 0 saturated heterocycles. The Hall–Kier alpha value is -3.28. The van der Waals surface area contributed by atoms with E-state index in [4.69, 9.17) is 21.1 Å². The van der Waals surface area contributed by atoms with Gasteiger partial charge < -0.3 is 25.2 Å².